The molecule has 1 rings (SSSR count). The maximum absolute atomic E-state index is 12.3. The van der Waals surface area contributed by atoms with Crippen molar-refractivity contribution in [3.05, 3.63) is 29.3 Å². The van der Waals surface area contributed by atoms with Gasteiger partial charge >= 0.3 is 16.5 Å². The lowest BCUT2D eigenvalue weighted by Crippen LogP contribution is -2.05. The topological polar surface area (TPSA) is 69.7 Å². The number of terminal acetylenes is 1. The Hall–Kier alpha value is -2.07. The molecule has 0 saturated carbocycles. The van der Waals surface area contributed by atoms with Crippen LogP contribution in [0.15, 0.2) is 18.2 Å². The van der Waals surface area contributed by atoms with Crippen molar-refractivity contribution in [3.63, 3.8) is 0 Å². The smallest absolute Gasteiger partial charge is 0.465 e. The molecule has 1 aromatic rings. The number of halogens is 1. The molecule has 0 amide bonds. The summed E-state index contributed by atoms with van der Waals surface area (Å²) in [5, 5.41) is 0. The monoisotopic (exact) mass is 258 g/mol. The Labute approximate surface area is 97.6 Å². The number of benzene rings is 1. The fourth-order valence-electron chi connectivity index (χ4n) is 1.08. The van der Waals surface area contributed by atoms with Crippen LogP contribution in [0, 0.1) is 12.3 Å². The highest BCUT2D eigenvalue weighted by atomic mass is 32.3. The highest BCUT2D eigenvalue weighted by Gasteiger charge is 2.14. The fourth-order valence-corrected chi connectivity index (χ4v) is 1.41. The molecule has 1 aromatic carbocycles. The molecule has 0 saturated heterocycles. The SMILES string of the molecule is C#Cc1cc(OS(=O)(=O)F)cc(C(=O)OC)c1. The summed E-state index contributed by atoms with van der Waals surface area (Å²) in [6.07, 6.45) is 5.09. The second-order valence-electron chi connectivity index (χ2n) is 2.86. The van der Waals surface area contributed by atoms with Gasteiger partial charge in [0.2, 0.25) is 0 Å². The molecule has 0 aliphatic carbocycles. The molecule has 0 aliphatic rings. The zero-order valence-corrected chi connectivity index (χ0v) is 9.45. The average Bonchev–Trinajstić information content (AvgIpc) is 2.25. The first-order valence-electron chi connectivity index (χ1n) is 4.20. The highest BCUT2D eigenvalue weighted by Crippen LogP contribution is 2.19. The second kappa shape index (κ2) is 4.84. The maximum atomic E-state index is 12.3. The van der Waals surface area contributed by atoms with Gasteiger partial charge in [0.05, 0.1) is 12.7 Å². The van der Waals surface area contributed by atoms with Crippen molar-refractivity contribution >= 4 is 16.5 Å². The number of carbonyl (C=O) groups is 1. The Kier molecular flexibility index (Phi) is 3.70. The van der Waals surface area contributed by atoms with E-state index in [2.05, 4.69) is 14.8 Å². The third-order valence-corrected chi connectivity index (χ3v) is 2.08. The lowest BCUT2D eigenvalue weighted by atomic mass is 10.1. The molecule has 0 spiro atoms. The summed E-state index contributed by atoms with van der Waals surface area (Å²) in [6, 6.07) is 3.39. The van der Waals surface area contributed by atoms with Crippen molar-refractivity contribution in [2.45, 2.75) is 0 Å². The predicted molar refractivity (Wildman–Crippen MR) is 56.4 cm³/mol. The second-order valence-corrected chi connectivity index (χ2v) is 3.81. The Morgan fingerprint density at radius 2 is 2.06 bits per heavy atom. The largest absolute Gasteiger partial charge is 0.488 e. The van der Waals surface area contributed by atoms with Crippen LogP contribution >= 0.6 is 0 Å². The summed E-state index contributed by atoms with van der Waals surface area (Å²) in [6.45, 7) is 0. The van der Waals surface area contributed by atoms with E-state index >= 15 is 0 Å². The summed E-state index contributed by atoms with van der Waals surface area (Å²) in [4.78, 5) is 11.2. The van der Waals surface area contributed by atoms with Crippen LogP contribution in [0.3, 0.4) is 0 Å². The van der Waals surface area contributed by atoms with Crippen molar-refractivity contribution in [1.29, 1.82) is 0 Å². The molecule has 0 atom stereocenters. The maximum Gasteiger partial charge on any atom is 0.488 e. The molecular weight excluding hydrogens is 251 g/mol. The predicted octanol–water partition coefficient (Wildman–Crippen LogP) is 1.05. The van der Waals surface area contributed by atoms with Gasteiger partial charge in [-0.05, 0) is 18.2 Å². The van der Waals surface area contributed by atoms with E-state index in [9.17, 15) is 17.1 Å². The zero-order valence-electron chi connectivity index (χ0n) is 8.64. The Morgan fingerprint density at radius 1 is 1.41 bits per heavy atom. The standard InChI is InChI=1S/C10H7FO5S/c1-3-7-4-8(10(12)15-2)6-9(5-7)16-17(11,13)14/h1,4-6H,2H3. The summed E-state index contributed by atoms with van der Waals surface area (Å²) in [7, 11) is -4.04. The summed E-state index contributed by atoms with van der Waals surface area (Å²) >= 11 is 0. The molecular formula is C10H7FO5S. The van der Waals surface area contributed by atoms with Gasteiger partial charge in [0.25, 0.3) is 0 Å². The van der Waals surface area contributed by atoms with Crippen molar-refractivity contribution < 1.29 is 26.0 Å². The number of ether oxygens (including phenoxy) is 1. The lowest BCUT2D eigenvalue weighted by molar-refractivity contribution is 0.0600. The van der Waals surface area contributed by atoms with Crippen LogP contribution in [0.2, 0.25) is 0 Å². The molecule has 0 bridgehead atoms. The molecule has 17 heavy (non-hydrogen) atoms. The number of carbonyl (C=O) groups excluding carboxylic acids is 1. The van der Waals surface area contributed by atoms with Crippen molar-refractivity contribution in [3.8, 4) is 18.1 Å². The third-order valence-electron chi connectivity index (χ3n) is 1.69. The minimum atomic E-state index is -5.17. The first kappa shape index (κ1) is 13.0. The molecule has 0 N–H and O–H groups in total. The molecule has 0 radical (unpaired) electrons. The van der Waals surface area contributed by atoms with Gasteiger partial charge in [-0.1, -0.05) is 9.81 Å². The number of esters is 1. The van der Waals surface area contributed by atoms with E-state index in [1.165, 1.54) is 6.07 Å². The molecule has 0 fully saturated rings. The normalized spacial score (nSPS) is 10.4. The van der Waals surface area contributed by atoms with E-state index in [0.29, 0.717) is 0 Å². The van der Waals surface area contributed by atoms with E-state index in [1.807, 2.05) is 0 Å². The van der Waals surface area contributed by atoms with E-state index in [0.717, 1.165) is 19.2 Å². The molecule has 0 aliphatic heterocycles. The van der Waals surface area contributed by atoms with E-state index in [4.69, 9.17) is 6.42 Å². The van der Waals surface area contributed by atoms with Gasteiger partial charge in [0.1, 0.15) is 5.75 Å². The highest BCUT2D eigenvalue weighted by molar-refractivity contribution is 7.81. The van der Waals surface area contributed by atoms with E-state index < -0.39 is 22.2 Å². The van der Waals surface area contributed by atoms with Gasteiger partial charge in [-0.3, -0.25) is 0 Å². The quantitative estimate of drug-likeness (QED) is 0.460. The third kappa shape index (κ3) is 3.77. The van der Waals surface area contributed by atoms with Crippen molar-refractivity contribution in [1.82, 2.24) is 0 Å². The van der Waals surface area contributed by atoms with Crippen LogP contribution in [0.1, 0.15) is 15.9 Å². The van der Waals surface area contributed by atoms with Crippen LogP contribution in [-0.4, -0.2) is 21.5 Å². The van der Waals surface area contributed by atoms with Gasteiger partial charge in [0.15, 0.2) is 0 Å². The van der Waals surface area contributed by atoms with Crippen molar-refractivity contribution in [2.24, 2.45) is 0 Å². The first-order chi connectivity index (χ1) is 7.85. The first-order valence-corrected chi connectivity index (χ1v) is 5.50. The molecule has 5 nitrogen and oxygen atoms in total. The molecule has 7 heteroatoms. The van der Waals surface area contributed by atoms with Crippen LogP contribution in [-0.2, 0) is 15.2 Å². The number of hydrogen-bond donors (Lipinski definition) is 0. The van der Waals surface area contributed by atoms with Crippen LogP contribution in [0.4, 0.5) is 3.89 Å². The van der Waals surface area contributed by atoms with Gasteiger partial charge in [-0.2, -0.15) is 8.42 Å². The van der Waals surface area contributed by atoms with Crippen molar-refractivity contribution in [2.75, 3.05) is 7.11 Å². The van der Waals surface area contributed by atoms with Crippen LogP contribution in [0.25, 0.3) is 0 Å². The lowest BCUT2D eigenvalue weighted by Gasteiger charge is -2.04. The zero-order chi connectivity index (χ0) is 13.1. The van der Waals surface area contributed by atoms with Crippen LogP contribution in [0.5, 0.6) is 5.75 Å². The number of hydrogen-bond acceptors (Lipinski definition) is 5. The Morgan fingerprint density at radius 3 is 2.53 bits per heavy atom. The summed E-state index contributed by atoms with van der Waals surface area (Å²) < 4.78 is 41.3. The Balaban J connectivity index is 3.24. The molecule has 0 aromatic heterocycles. The number of methoxy groups -OCH3 is 1. The van der Waals surface area contributed by atoms with Gasteiger partial charge in [-0.15, -0.1) is 6.42 Å². The molecule has 90 valence electrons. The fraction of sp³-hybridized carbons (Fsp3) is 0.100. The van der Waals surface area contributed by atoms with Crippen LogP contribution < -0.4 is 4.18 Å². The molecule has 0 heterocycles. The van der Waals surface area contributed by atoms with Gasteiger partial charge in [0, 0.05) is 5.56 Å². The minimum absolute atomic E-state index is 0.0402. The summed E-state index contributed by atoms with van der Waals surface area (Å²) in [5.74, 6) is 1.02. The Bertz CT molecular complexity index is 585. The molecule has 0 unspecified atom stereocenters. The van der Waals surface area contributed by atoms with Gasteiger partial charge in [-0.25, -0.2) is 4.79 Å². The summed E-state index contributed by atoms with van der Waals surface area (Å²) in [5.41, 5.74) is 0.119. The average molecular weight is 258 g/mol. The number of rotatable bonds is 3. The van der Waals surface area contributed by atoms with E-state index in [-0.39, 0.29) is 11.1 Å². The van der Waals surface area contributed by atoms with E-state index in [1.54, 1.807) is 0 Å². The van der Waals surface area contributed by atoms with Gasteiger partial charge < -0.3 is 8.92 Å². The minimum Gasteiger partial charge on any atom is -0.465 e.